The highest BCUT2D eigenvalue weighted by Crippen LogP contribution is 2.41. The molecule has 0 bridgehead atoms. The van der Waals surface area contributed by atoms with Gasteiger partial charge in [0.05, 0.1) is 11.6 Å². The van der Waals surface area contributed by atoms with Crippen LogP contribution in [0.2, 0.25) is 0 Å². The largest absolute Gasteiger partial charge is 0.508 e. The zero-order chi connectivity index (χ0) is 22.2. The van der Waals surface area contributed by atoms with Crippen LogP contribution >= 0.6 is 0 Å². The van der Waals surface area contributed by atoms with Crippen LogP contribution in [0.1, 0.15) is 27.7 Å². The summed E-state index contributed by atoms with van der Waals surface area (Å²) in [5.74, 6) is -1.80. The molecule has 0 saturated heterocycles. The molecule has 1 aromatic heterocycles. The van der Waals surface area contributed by atoms with E-state index in [9.17, 15) is 19.8 Å². The molecule has 6 nitrogen and oxygen atoms in total. The monoisotopic (exact) mass is 425 g/mol. The number of nitrogens with zero attached hydrogens (tertiary/aromatic N) is 1. The summed E-state index contributed by atoms with van der Waals surface area (Å²) in [6.07, 6.45) is 0. The average Bonchev–Trinajstić information content (AvgIpc) is 3.34. The summed E-state index contributed by atoms with van der Waals surface area (Å²) in [6, 6.07) is 23.6. The first kappa shape index (κ1) is 19.6. The lowest BCUT2D eigenvalue weighted by molar-refractivity contribution is -0.130. The van der Waals surface area contributed by atoms with Crippen molar-refractivity contribution in [2.45, 2.75) is 12.6 Å². The molecule has 1 aliphatic heterocycles. The number of hydrogen-bond donors (Lipinski definition) is 2. The van der Waals surface area contributed by atoms with Gasteiger partial charge in [0.1, 0.15) is 11.3 Å². The second-order valence-electron chi connectivity index (χ2n) is 7.66. The molecule has 2 heterocycles. The third kappa shape index (κ3) is 3.32. The highest BCUT2D eigenvalue weighted by Gasteiger charge is 2.44. The summed E-state index contributed by atoms with van der Waals surface area (Å²) >= 11 is 0. The number of rotatable bonds is 5. The number of fused-ring (bicyclic) bond motifs is 1. The quantitative estimate of drug-likeness (QED) is 0.443. The van der Waals surface area contributed by atoms with E-state index in [0.29, 0.717) is 11.1 Å². The number of hydrogen-bond acceptors (Lipinski definition) is 5. The molecule has 6 heteroatoms. The van der Waals surface area contributed by atoms with E-state index in [1.54, 1.807) is 30.3 Å². The van der Waals surface area contributed by atoms with Crippen molar-refractivity contribution in [2.24, 2.45) is 0 Å². The van der Waals surface area contributed by atoms with Gasteiger partial charge in [0.2, 0.25) is 5.78 Å². The fraction of sp³-hybridized carbons (Fsp3) is 0.0769. The van der Waals surface area contributed by atoms with E-state index >= 15 is 0 Å². The second-order valence-corrected chi connectivity index (χ2v) is 7.66. The minimum absolute atomic E-state index is 0.00321. The van der Waals surface area contributed by atoms with Crippen molar-refractivity contribution < 1.29 is 24.2 Å². The Labute approximate surface area is 183 Å². The van der Waals surface area contributed by atoms with Gasteiger partial charge in [0.15, 0.2) is 11.5 Å². The molecule has 2 N–H and O–H groups in total. The Morgan fingerprint density at radius 2 is 1.66 bits per heavy atom. The van der Waals surface area contributed by atoms with E-state index in [1.165, 1.54) is 17.0 Å². The number of Topliss-reactive ketones (excluding diaryl/α,β-unsaturated/α-hetero) is 1. The first-order chi connectivity index (χ1) is 15.5. The van der Waals surface area contributed by atoms with Gasteiger partial charge in [0, 0.05) is 11.9 Å². The molecule has 158 valence electrons. The number of phenolic OH excluding ortho intramolecular Hbond substituents is 1. The van der Waals surface area contributed by atoms with Crippen LogP contribution in [0.25, 0.3) is 11.0 Å². The third-order valence-corrected chi connectivity index (χ3v) is 5.58. The van der Waals surface area contributed by atoms with E-state index in [1.807, 2.05) is 42.5 Å². The van der Waals surface area contributed by atoms with E-state index in [0.717, 1.165) is 10.9 Å². The summed E-state index contributed by atoms with van der Waals surface area (Å²) < 4.78 is 5.71. The summed E-state index contributed by atoms with van der Waals surface area (Å²) in [5.41, 5.74) is 1.82. The van der Waals surface area contributed by atoms with Gasteiger partial charge in [-0.3, -0.25) is 9.59 Å². The van der Waals surface area contributed by atoms with Gasteiger partial charge in [-0.15, -0.1) is 0 Å². The number of carbonyl (C=O) groups excluding carboxylic acids is 2. The lowest BCUT2D eigenvalue weighted by Gasteiger charge is -2.27. The maximum absolute atomic E-state index is 13.5. The number of benzene rings is 3. The number of amides is 1. The fourth-order valence-electron chi connectivity index (χ4n) is 4.10. The molecular weight excluding hydrogens is 406 g/mol. The molecule has 1 aliphatic rings. The minimum atomic E-state index is -0.879. The molecule has 32 heavy (non-hydrogen) atoms. The Bertz CT molecular complexity index is 1340. The van der Waals surface area contributed by atoms with E-state index < -0.39 is 23.5 Å². The SMILES string of the molecule is O=C(C1=C(O)C(=O)N(Cc2ccccc2)C1c1cccc(O)c1)c1cc2ccccc2o1. The molecule has 1 amide bonds. The Morgan fingerprint density at radius 1 is 0.906 bits per heavy atom. The molecule has 0 aliphatic carbocycles. The van der Waals surface area contributed by atoms with Crippen molar-refractivity contribution in [2.75, 3.05) is 0 Å². The topological polar surface area (TPSA) is 91.0 Å². The number of ketones is 1. The Hall–Kier alpha value is -4.32. The predicted molar refractivity (Wildman–Crippen MR) is 118 cm³/mol. The van der Waals surface area contributed by atoms with Crippen molar-refractivity contribution in [3.63, 3.8) is 0 Å². The molecule has 0 fully saturated rings. The predicted octanol–water partition coefficient (Wildman–Crippen LogP) is 4.92. The Balaban J connectivity index is 1.61. The lowest BCUT2D eigenvalue weighted by atomic mass is 9.94. The Kier molecular flexibility index (Phi) is 4.75. The van der Waals surface area contributed by atoms with Crippen LogP contribution < -0.4 is 0 Å². The van der Waals surface area contributed by atoms with Crippen LogP contribution in [-0.4, -0.2) is 26.8 Å². The van der Waals surface area contributed by atoms with Gasteiger partial charge < -0.3 is 19.5 Å². The summed E-state index contributed by atoms with van der Waals surface area (Å²) in [6.45, 7) is 0.182. The normalized spacial score (nSPS) is 16.2. The molecule has 0 radical (unpaired) electrons. The Morgan fingerprint density at radius 3 is 2.41 bits per heavy atom. The second kappa shape index (κ2) is 7.74. The number of aliphatic hydroxyl groups is 1. The van der Waals surface area contributed by atoms with Crippen LogP contribution in [0.3, 0.4) is 0 Å². The van der Waals surface area contributed by atoms with Crippen molar-refractivity contribution in [3.8, 4) is 5.75 Å². The highest BCUT2D eigenvalue weighted by molar-refractivity contribution is 6.16. The van der Waals surface area contributed by atoms with E-state index in [2.05, 4.69) is 0 Å². The number of aromatic hydroxyl groups is 1. The standard InChI is InChI=1S/C26H19NO5/c28-19-11-6-10-18(13-19)23-22(24(29)21-14-17-9-4-5-12-20(17)32-21)25(30)26(31)27(23)15-16-7-2-1-3-8-16/h1-14,23,28,30H,15H2. The molecule has 3 aromatic carbocycles. The van der Waals surface area contributed by atoms with Gasteiger partial charge in [-0.25, -0.2) is 0 Å². The zero-order valence-electron chi connectivity index (χ0n) is 16.9. The van der Waals surface area contributed by atoms with E-state index in [-0.39, 0.29) is 23.6 Å². The molecule has 4 aromatic rings. The van der Waals surface area contributed by atoms with Crippen molar-refractivity contribution in [1.82, 2.24) is 4.90 Å². The molecular formula is C26H19NO5. The van der Waals surface area contributed by atoms with Crippen molar-refractivity contribution >= 4 is 22.7 Å². The van der Waals surface area contributed by atoms with Gasteiger partial charge in [-0.2, -0.15) is 0 Å². The molecule has 0 spiro atoms. The molecule has 1 unspecified atom stereocenters. The molecule has 0 saturated carbocycles. The minimum Gasteiger partial charge on any atom is -0.508 e. The third-order valence-electron chi connectivity index (χ3n) is 5.58. The number of carbonyl (C=O) groups is 2. The average molecular weight is 425 g/mol. The van der Waals surface area contributed by atoms with Gasteiger partial charge in [-0.1, -0.05) is 60.7 Å². The first-order valence-corrected chi connectivity index (χ1v) is 10.1. The number of aliphatic hydroxyl groups excluding tert-OH is 1. The number of para-hydroxylation sites is 1. The zero-order valence-corrected chi connectivity index (χ0v) is 16.9. The molecule has 1 atom stereocenters. The summed E-state index contributed by atoms with van der Waals surface area (Å²) in [5, 5.41) is 21.6. The van der Waals surface area contributed by atoms with Gasteiger partial charge in [-0.05, 0) is 35.4 Å². The maximum atomic E-state index is 13.5. The summed E-state index contributed by atoms with van der Waals surface area (Å²) in [4.78, 5) is 28.0. The number of furan rings is 1. The van der Waals surface area contributed by atoms with E-state index in [4.69, 9.17) is 4.42 Å². The first-order valence-electron chi connectivity index (χ1n) is 10.1. The smallest absolute Gasteiger partial charge is 0.290 e. The van der Waals surface area contributed by atoms with Crippen molar-refractivity contribution in [1.29, 1.82) is 0 Å². The maximum Gasteiger partial charge on any atom is 0.290 e. The van der Waals surface area contributed by atoms with Crippen LogP contribution in [0.15, 0.2) is 101 Å². The van der Waals surface area contributed by atoms with Crippen LogP contribution in [-0.2, 0) is 11.3 Å². The molecule has 5 rings (SSSR count). The van der Waals surface area contributed by atoms with Crippen LogP contribution in [0.4, 0.5) is 0 Å². The summed E-state index contributed by atoms with van der Waals surface area (Å²) in [7, 11) is 0. The lowest BCUT2D eigenvalue weighted by Crippen LogP contribution is -2.30. The highest BCUT2D eigenvalue weighted by atomic mass is 16.3. The number of phenols is 1. The van der Waals surface area contributed by atoms with Crippen LogP contribution in [0, 0.1) is 0 Å². The van der Waals surface area contributed by atoms with Gasteiger partial charge >= 0.3 is 0 Å². The van der Waals surface area contributed by atoms with Crippen molar-refractivity contribution in [3.05, 3.63) is 113 Å². The van der Waals surface area contributed by atoms with Crippen LogP contribution in [0.5, 0.6) is 5.75 Å². The fourth-order valence-corrected chi connectivity index (χ4v) is 4.10. The van der Waals surface area contributed by atoms with Gasteiger partial charge in [0.25, 0.3) is 5.91 Å².